The van der Waals surface area contributed by atoms with Crippen LogP contribution < -0.4 is 9.47 Å². The van der Waals surface area contributed by atoms with Gasteiger partial charge in [-0.2, -0.15) is 0 Å². The Morgan fingerprint density at radius 3 is 1.59 bits per heavy atom. The number of carbonyl (C=O) groups excluding carboxylic acids is 2. The molecule has 0 fully saturated rings. The van der Waals surface area contributed by atoms with Crippen LogP contribution in [0, 0.1) is 0 Å². The number of ether oxygens (including phenoxy) is 2. The first-order chi connectivity index (χ1) is 16.3. The van der Waals surface area contributed by atoms with E-state index in [0.29, 0.717) is 22.6 Å². The predicted molar refractivity (Wildman–Crippen MR) is 138 cm³/mol. The number of hydrogen-bond acceptors (Lipinski definition) is 4. The number of para-hydroxylation sites is 1. The van der Waals surface area contributed by atoms with Crippen molar-refractivity contribution in [1.82, 2.24) is 0 Å². The van der Waals surface area contributed by atoms with Gasteiger partial charge >= 0.3 is 11.9 Å². The van der Waals surface area contributed by atoms with Gasteiger partial charge in [-0.1, -0.05) is 92.1 Å². The molecule has 3 rings (SSSR count). The summed E-state index contributed by atoms with van der Waals surface area (Å²) >= 11 is 0. The van der Waals surface area contributed by atoms with Crippen LogP contribution in [-0.4, -0.2) is 11.9 Å². The summed E-state index contributed by atoms with van der Waals surface area (Å²) in [5, 5.41) is 0. The lowest BCUT2D eigenvalue weighted by molar-refractivity contribution is -0.130. The molecule has 0 saturated heterocycles. The van der Waals surface area contributed by atoms with Gasteiger partial charge in [-0.15, -0.1) is 0 Å². The van der Waals surface area contributed by atoms with Crippen LogP contribution in [0.1, 0.15) is 36.1 Å². The van der Waals surface area contributed by atoms with E-state index >= 15 is 0 Å². The lowest BCUT2D eigenvalue weighted by atomic mass is 10.1. The van der Waals surface area contributed by atoms with E-state index in [1.165, 1.54) is 0 Å². The Morgan fingerprint density at radius 1 is 0.618 bits per heavy atom. The molecule has 3 aromatic rings. The summed E-state index contributed by atoms with van der Waals surface area (Å²) in [6.45, 7) is 10.4. The van der Waals surface area contributed by atoms with Crippen LogP contribution in [0.15, 0.2) is 97.1 Å². The first-order valence-electron chi connectivity index (χ1n) is 10.7. The Morgan fingerprint density at radius 2 is 1.06 bits per heavy atom. The maximum absolute atomic E-state index is 11.8. The second-order valence-corrected chi connectivity index (χ2v) is 7.78. The van der Waals surface area contributed by atoms with Crippen molar-refractivity contribution >= 4 is 36.2 Å². The predicted octanol–water partition coefficient (Wildman–Crippen LogP) is 6.99. The zero-order valence-electron chi connectivity index (χ0n) is 19.3. The molecule has 0 aliphatic heterocycles. The standard InChI is InChI=1S/C30H26O4/c1-21(2)29(31)33-27-19-16-25(17-20-27)14-11-23-9-12-24(13-10-23)15-18-26-7-5-6-8-28(26)34-30(32)22(3)4/h5-20H,1,3H2,2,4H3/b14-11+,18-15+. The van der Waals surface area contributed by atoms with Crippen molar-refractivity contribution in [3.8, 4) is 11.5 Å². The smallest absolute Gasteiger partial charge is 0.338 e. The highest BCUT2D eigenvalue weighted by Crippen LogP contribution is 2.22. The summed E-state index contributed by atoms with van der Waals surface area (Å²) in [4.78, 5) is 23.4. The lowest BCUT2D eigenvalue weighted by Gasteiger charge is -2.07. The Kier molecular flexibility index (Phi) is 8.14. The van der Waals surface area contributed by atoms with Gasteiger partial charge in [-0.3, -0.25) is 0 Å². The third-order valence-electron chi connectivity index (χ3n) is 4.77. The average Bonchev–Trinajstić information content (AvgIpc) is 2.83. The van der Waals surface area contributed by atoms with Crippen molar-refractivity contribution < 1.29 is 19.1 Å². The molecule has 0 unspecified atom stereocenters. The van der Waals surface area contributed by atoms with Gasteiger partial charge in [0.2, 0.25) is 0 Å². The van der Waals surface area contributed by atoms with E-state index in [9.17, 15) is 9.59 Å². The molecule has 0 heterocycles. The quantitative estimate of drug-likeness (QED) is 0.161. The Balaban J connectivity index is 1.64. The van der Waals surface area contributed by atoms with Gasteiger partial charge in [0.1, 0.15) is 11.5 Å². The molecule has 0 N–H and O–H groups in total. The highest BCUT2D eigenvalue weighted by molar-refractivity contribution is 5.90. The monoisotopic (exact) mass is 450 g/mol. The van der Waals surface area contributed by atoms with Crippen LogP contribution in [0.4, 0.5) is 0 Å². The van der Waals surface area contributed by atoms with Crippen LogP contribution in [0.5, 0.6) is 11.5 Å². The van der Waals surface area contributed by atoms with Crippen LogP contribution in [0.25, 0.3) is 24.3 Å². The maximum Gasteiger partial charge on any atom is 0.338 e. The van der Waals surface area contributed by atoms with Crippen LogP contribution in [0.2, 0.25) is 0 Å². The topological polar surface area (TPSA) is 52.6 Å². The van der Waals surface area contributed by atoms with Crippen molar-refractivity contribution in [3.63, 3.8) is 0 Å². The molecule has 0 spiro atoms. The van der Waals surface area contributed by atoms with Gasteiger partial charge in [-0.05, 0) is 48.7 Å². The fourth-order valence-electron chi connectivity index (χ4n) is 2.84. The molecule has 170 valence electrons. The molecule has 0 atom stereocenters. The number of rotatable bonds is 8. The molecule has 3 aromatic carbocycles. The van der Waals surface area contributed by atoms with Gasteiger partial charge in [0, 0.05) is 16.7 Å². The minimum Gasteiger partial charge on any atom is -0.423 e. The first-order valence-corrected chi connectivity index (χ1v) is 10.7. The van der Waals surface area contributed by atoms with E-state index in [-0.39, 0.29) is 0 Å². The van der Waals surface area contributed by atoms with Crippen LogP contribution in [-0.2, 0) is 9.59 Å². The van der Waals surface area contributed by atoms with Crippen molar-refractivity contribution in [2.45, 2.75) is 13.8 Å². The van der Waals surface area contributed by atoms with Gasteiger partial charge in [0.15, 0.2) is 0 Å². The van der Waals surface area contributed by atoms with E-state index < -0.39 is 11.9 Å². The van der Waals surface area contributed by atoms with Crippen molar-refractivity contribution in [2.24, 2.45) is 0 Å². The zero-order chi connectivity index (χ0) is 24.5. The normalized spacial score (nSPS) is 10.9. The van der Waals surface area contributed by atoms with E-state index in [1.54, 1.807) is 32.0 Å². The Bertz CT molecular complexity index is 1260. The second kappa shape index (κ2) is 11.4. The molecule has 0 amide bonds. The third-order valence-corrected chi connectivity index (χ3v) is 4.77. The molecule has 0 aliphatic carbocycles. The number of carbonyl (C=O) groups is 2. The number of hydrogen-bond donors (Lipinski definition) is 0. The van der Waals surface area contributed by atoms with Crippen molar-refractivity contribution in [2.75, 3.05) is 0 Å². The van der Waals surface area contributed by atoms with Gasteiger partial charge in [0.05, 0.1) is 0 Å². The van der Waals surface area contributed by atoms with Crippen LogP contribution >= 0.6 is 0 Å². The lowest BCUT2D eigenvalue weighted by Crippen LogP contribution is -2.08. The fourth-order valence-corrected chi connectivity index (χ4v) is 2.84. The highest BCUT2D eigenvalue weighted by Gasteiger charge is 2.08. The van der Waals surface area contributed by atoms with E-state index in [4.69, 9.17) is 9.47 Å². The van der Waals surface area contributed by atoms with E-state index in [1.807, 2.05) is 78.9 Å². The molecule has 0 bridgehead atoms. The second-order valence-electron chi connectivity index (χ2n) is 7.78. The van der Waals surface area contributed by atoms with Gasteiger partial charge in [-0.25, -0.2) is 9.59 Å². The van der Waals surface area contributed by atoms with Crippen molar-refractivity contribution in [3.05, 3.63) is 119 Å². The summed E-state index contributed by atoms with van der Waals surface area (Å²) in [5.74, 6) is 0.0947. The molecule has 34 heavy (non-hydrogen) atoms. The minimum absolute atomic E-state index is 0.351. The summed E-state index contributed by atoms with van der Waals surface area (Å²) in [7, 11) is 0. The molecule has 0 radical (unpaired) electrons. The van der Waals surface area contributed by atoms with Crippen molar-refractivity contribution in [1.29, 1.82) is 0 Å². The zero-order valence-corrected chi connectivity index (χ0v) is 19.3. The van der Waals surface area contributed by atoms with E-state index in [2.05, 4.69) is 13.2 Å². The Labute approximate surface area is 200 Å². The fraction of sp³-hybridized carbons (Fsp3) is 0.0667. The number of esters is 2. The molecule has 4 nitrogen and oxygen atoms in total. The first kappa shape index (κ1) is 24.2. The molecule has 0 saturated carbocycles. The Hall–Kier alpha value is -4.44. The largest absolute Gasteiger partial charge is 0.423 e. The number of benzene rings is 3. The van der Waals surface area contributed by atoms with E-state index in [0.717, 1.165) is 22.3 Å². The van der Waals surface area contributed by atoms with Crippen LogP contribution in [0.3, 0.4) is 0 Å². The highest BCUT2D eigenvalue weighted by atomic mass is 16.5. The summed E-state index contributed by atoms with van der Waals surface area (Å²) in [6.07, 6.45) is 7.87. The molecule has 4 heteroatoms. The molecule has 0 aliphatic rings. The average molecular weight is 451 g/mol. The summed E-state index contributed by atoms with van der Waals surface area (Å²) in [5.41, 5.74) is 4.56. The third kappa shape index (κ3) is 7.04. The maximum atomic E-state index is 11.8. The molecular weight excluding hydrogens is 424 g/mol. The SMILES string of the molecule is C=C(C)C(=O)Oc1ccc(/C=C/c2ccc(/C=C/c3ccccc3OC(=O)C(=C)C)cc2)cc1. The molecular formula is C30H26O4. The van der Waals surface area contributed by atoms with Gasteiger partial charge in [0.25, 0.3) is 0 Å². The summed E-state index contributed by atoms with van der Waals surface area (Å²) in [6, 6.07) is 22.7. The molecule has 0 aromatic heterocycles. The minimum atomic E-state index is -0.445. The van der Waals surface area contributed by atoms with Gasteiger partial charge < -0.3 is 9.47 Å². The summed E-state index contributed by atoms with van der Waals surface area (Å²) < 4.78 is 10.6.